The van der Waals surface area contributed by atoms with Gasteiger partial charge in [0, 0.05) is 5.03 Å². The molecule has 2 aromatic carbocycles. The summed E-state index contributed by atoms with van der Waals surface area (Å²) in [5.74, 6) is 0. The third-order valence-electron chi connectivity index (χ3n) is 3.52. The fourth-order valence-electron chi connectivity index (χ4n) is 2.64. The molecule has 0 unspecified atom stereocenters. The molecule has 0 saturated heterocycles. The van der Waals surface area contributed by atoms with Crippen molar-refractivity contribution in [3.8, 4) is 0 Å². The fraction of sp³-hybridized carbons (Fsp3) is 0.250. The van der Waals surface area contributed by atoms with Gasteiger partial charge in [-0.05, 0) is 47.6 Å². The first kappa shape index (κ1) is 10.9. The highest BCUT2D eigenvalue weighted by Gasteiger charge is 2.14. The first-order valence-electron chi connectivity index (χ1n) is 6.22. The summed E-state index contributed by atoms with van der Waals surface area (Å²) in [4.78, 5) is 0. The second kappa shape index (κ2) is 4.54. The molecule has 86 valence electrons. The minimum Gasteiger partial charge on any atom is -0.0888 e. The molecular weight excluding hydrogens is 228 g/mol. The summed E-state index contributed by atoms with van der Waals surface area (Å²) in [6.45, 7) is 0. The Labute approximate surface area is 107 Å². The number of rotatable bonds is 1. The van der Waals surface area contributed by atoms with Gasteiger partial charge in [-0.3, -0.25) is 0 Å². The van der Waals surface area contributed by atoms with Crippen LogP contribution in [0.5, 0.6) is 0 Å². The number of fused-ring (bicyclic) bond motifs is 1. The van der Waals surface area contributed by atoms with E-state index in [0.717, 1.165) is 17.9 Å². The number of hydrogen-bond donors (Lipinski definition) is 0. The summed E-state index contributed by atoms with van der Waals surface area (Å²) in [6.07, 6.45) is 4.65. The van der Waals surface area contributed by atoms with E-state index in [2.05, 4.69) is 42.5 Å². The van der Waals surface area contributed by atoms with Gasteiger partial charge in [0.2, 0.25) is 0 Å². The van der Waals surface area contributed by atoms with Crippen molar-refractivity contribution in [1.29, 1.82) is 0 Å². The van der Waals surface area contributed by atoms with E-state index in [4.69, 9.17) is 11.6 Å². The molecular formula is C16H15Cl. The van der Waals surface area contributed by atoms with Gasteiger partial charge in [0.15, 0.2) is 0 Å². The summed E-state index contributed by atoms with van der Waals surface area (Å²) in [7, 11) is 0. The largest absolute Gasteiger partial charge is 0.0888 e. The van der Waals surface area contributed by atoms with E-state index < -0.39 is 0 Å². The average Bonchev–Trinajstić information content (AvgIpc) is 2.39. The van der Waals surface area contributed by atoms with E-state index in [9.17, 15) is 0 Å². The normalized spacial score (nSPS) is 16.5. The molecule has 0 amide bonds. The number of hydrogen-bond acceptors (Lipinski definition) is 0. The molecule has 1 aliphatic rings. The monoisotopic (exact) mass is 242 g/mol. The van der Waals surface area contributed by atoms with Crippen LogP contribution in [0.15, 0.2) is 47.5 Å². The molecule has 0 fully saturated rings. The molecule has 0 N–H and O–H groups in total. The van der Waals surface area contributed by atoms with Crippen molar-refractivity contribution in [2.45, 2.75) is 25.7 Å². The van der Waals surface area contributed by atoms with E-state index in [0.29, 0.717) is 0 Å². The van der Waals surface area contributed by atoms with Crippen LogP contribution in [0.4, 0.5) is 0 Å². The Bertz CT molecular complexity index is 576. The molecule has 0 nitrogen and oxygen atoms in total. The molecule has 0 atom stereocenters. The van der Waals surface area contributed by atoms with E-state index in [-0.39, 0.29) is 0 Å². The third-order valence-corrected chi connectivity index (χ3v) is 3.93. The topological polar surface area (TPSA) is 0 Å². The second-order valence-corrected chi connectivity index (χ2v) is 5.07. The van der Waals surface area contributed by atoms with Crippen LogP contribution in [0.2, 0.25) is 0 Å². The predicted octanol–water partition coefficient (Wildman–Crippen LogP) is 5.36. The Balaban J connectivity index is 2.23. The third kappa shape index (κ3) is 1.98. The van der Waals surface area contributed by atoms with Crippen molar-refractivity contribution >= 4 is 27.9 Å². The molecule has 1 aliphatic carbocycles. The van der Waals surface area contributed by atoms with Gasteiger partial charge in [-0.15, -0.1) is 0 Å². The molecule has 1 heteroatoms. The summed E-state index contributed by atoms with van der Waals surface area (Å²) in [5, 5.41) is 3.69. The SMILES string of the molecule is ClC1=C(c2cccc3ccccc23)CCCC1. The number of halogens is 1. The van der Waals surface area contributed by atoms with Gasteiger partial charge < -0.3 is 0 Å². The van der Waals surface area contributed by atoms with Crippen LogP contribution in [0.1, 0.15) is 31.2 Å². The molecule has 0 heterocycles. The van der Waals surface area contributed by atoms with E-state index >= 15 is 0 Å². The zero-order valence-electron chi connectivity index (χ0n) is 9.75. The summed E-state index contributed by atoms with van der Waals surface area (Å²) in [5.41, 5.74) is 2.68. The average molecular weight is 243 g/mol. The summed E-state index contributed by atoms with van der Waals surface area (Å²) in [6, 6.07) is 15.0. The maximum absolute atomic E-state index is 6.40. The Kier molecular flexibility index (Phi) is 2.90. The van der Waals surface area contributed by atoms with E-state index in [1.807, 2.05) is 0 Å². The van der Waals surface area contributed by atoms with Crippen LogP contribution < -0.4 is 0 Å². The lowest BCUT2D eigenvalue weighted by atomic mass is 9.90. The summed E-state index contributed by atoms with van der Waals surface area (Å²) < 4.78 is 0. The quantitative estimate of drug-likeness (QED) is 0.631. The van der Waals surface area contributed by atoms with E-state index in [1.165, 1.54) is 34.8 Å². The first-order valence-corrected chi connectivity index (χ1v) is 6.60. The maximum Gasteiger partial charge on any atom is 0.0219 e. The molecule has 0 spiro atoms. The van der Waals surface area contributed by atoms with Gasteiger partial charge >= 0.3 is 0 Å². The van der Waals surface area contributed by atoms with Crippen molar-refractivity contribution in [2.75, 3.05) is 0 Å². The Morgan fingerprint density at radius 2 is 1.59 bits per heavy atom. The smallest absolute Gasteiger partial charge is 0.0219 e. The zero-order valence-corrected chi connectivity index (χ0v) is 10.5. The van der Waals surface area contributed by atoms with Crippen LogP contribution in [-0.4, -0.2) is 0 Å². The minimum atomic E-state index is 1.04. The molecule has 0 aromatic heterocycles. The molecule has 3 rings (SSSR count). The van der Waals surface area contributed by atoms with Crippen LogP contribution in [0.25, 0.3) is 16.3 Å². The van der Waals surface area contributed by atoms with Crippen LogP contribution in [-0.2, 0) is 0 Å². The minimum absolute atomic E-state index is 1.04. The fourth-order valence-corrected chi connectivity index (χ4v) is 2.97. The Morgan fingerprint density at radius 1 is 0.824 bits per heavy atom. The Hall–Kier alpha value is -1.27. The summed E-state index contributed by atoms with van der Waals surface area (Å²) >= 11 is 6.40. The second-order valence-electron chi connectivity index (χ2n) is 4.62. The van der Waals surface area contributed by atoms with Crippen molar-refractivity contribution in [2.24, 2.45) is 0 Å². The molecule has 0 saturated carbocycles. The lowest BCUT2D eigenvalue weighted by Crippen LogP contribution is -1.96. The van der Waals surface area contributed by atoms with Crippen LogP contribution in [0, 0.1) is 0 Å². The van der Waals surface area contributed by atoms with Crippen LogP contribution in [0.3, 0.4) is 0 Å². The molecule has 17 heavy (non-hydrogen) atoms. The highest BCUT2D eigenvalue weighted by molar-refractivity contribution is 6.33. The first-order chi connectivity index (χ1) is 8.36. The molecule has 0 bridgehead atoms. The number of benzene rings is 2. The molecule has 2 aromatic rings. The Morgan fingerprint density at radius 3 is 2.47 bits per heavy atom. The highest BCUT2D eigenvalue weighted by Crippen LogP contribution is 2.37. The van der Waals surface area contributed by atoms with Crippen molar-refractivity contribution in [3.63, 3.8) is 0 Å². The standard InChI is InChI=1S/C16H15Cl/c17-16-11-4-3-9-15(16)14-10-5-7-12-6-1-2-8-13(12)14/h1-2,5-8,10H,3-4,9,11H2. The van der Waals surface area contributed by atoms with Gasteiger partial charge in [-0.25, -0.2) is 0 Å². The van der Waals surface area contributed by atoms with Gasteiger partial charge in [0.1, 0.15) is 0 Å². The van der Waals surface area contributed by atoms with Gasteiger partial charge in [-0.2, -0.15) is 0 Å². The molecule has 0 aliphatic heterocycles. The van der Waals surface area contributed by atoms with Gasteiger partial charge in [-0.1, -0.05) is 54.1 Å². The zero-order chi connectivity index (χ0) is 11.7. The van der Waals surface area contributed by atoms with E-state index in [1.54, 1.807) is 0 Å². The van der Waals surface area contributed by atoms with Gasteiger partial charge in [0.05, 0.1) is 0 Å². The van der Waals surface area contributed by atoms with Crippen LogP contribution >= 0.6 is 11.6 Å². The number of allylic oxidation sites excluding steroid dienone is 2. The maximum atomic E-state index is 6.40. The highest BCUT2D eigenvalue weighted by atomic mass is 35.5. The molecule has 0 radical (unpaired) electrons. The van der Waals surface area contributed by atoms with Crippen molar-refractivity contribution in [3.05, 3.63) is 53.1 Å². The van der Waals surface area contributed by atoms with Crippen molar-refractivity contribution in [1.82, 2.24) is 0 Å². The predicted molar refractivity (Wildman–Crippen MR) is 75.2 cm³/mol. The van der Waals surface area contributed by atoms with Gasteiger partial charge in [0.25, 0.3) is 0 Å². The lowest BCUT2D eigenvalue weighted by molar-refractivity contribution is 0.734. The lowest BCUT2D eigenvalue weighted by Gasteiger charge is -2.18. The van der Waals surface area contributed by atoms with Crippen molar-refractivity contribution < 1.29 is 0 Å².